The summed E-state index contributed by atoms with van der Waals surface area (Å²) in [5.74, 6) is 0.160. The molecular weight excluding hydrogens is 445 g/mol. The van der Waals surface area contributed by atoms with E-state index in [0.29, 0.717) is 44.2 Å². The van der Waals surface area contributed by atoms with Crippen LogP contribution in [0.15, 0.2) is 67.0 Å². The number of hydrogen-bond acceptors (Lipinski definition) is 5. The van der Waals surface area contributed by atoms with E-state index in [1.807, 2.05) is 17.0 Å². The molecule has 2 aliphatic heterocycles. The summed E-state index contributed by atoms with van der Waals surface area (Å²) in [6.45, 7) is 2.78. The molecule has 2 amide bonds. The molecule has 3 aromatic rings. The summed E-state index contributed by atoms with van der Waals surface area (Å²) >= 11 is 0. The molecule has 0 spiro atoms. The molecule has 1 aromatic heterocycles. The van der Waals surface area contributed by atoms with Gasteiger partial charge in [-0.2, -0.15) is 10.2 Å². The lowest BCUT2D eigenvalue weighted by molar-refractivity contribution is -0.131. The van der Waals surface area contributed by atoms with E-state index in [1.54, 1.807) is 35.5 Å². The van der Waals surface area contributed by atoms with Gasteiger partial charge in [0.1, 0.15) is 5.82 Å². The quantitative estimate of drug-likeness (QED) is 0.593. The third-order valence-electron chi connectivity index (χ3n) is 6.92. The number of rotatable bonds is 6. The van der Waals surface area contributed by atoms with Crippen molar-refractivity contribution in [1.82, 2.24) is 20.4 Å². The van der Waals surface area contributed by atoms with E-state index in [1.165, 1.54) is 17.7 Å². The minimum Gasteiger partial charge on any atom is -0.342 e. The van der Waals surface area contributed by atoms with Gasteiger partial charge in [-0.1, -0.05) is 24.3 Å². The van der Waals surface area contributed by atoms with E-state index in [-0.39, 0.29) is 23.5 Å². The first kappa shape index (κ1) is 23.1. The fourth-order valence-corrected chi connectivity index (χ4v) is 4.71. The fourth-order valence-electron chi connectivity index (χ4n) is 4.71. The number of anilines is 2. The molecule has 0 saturated carbocycles. The summed E-state index contributed by atoms with van der Waals surface area (Å²) in [6, 6.07) is 16.1. The number of carbonyl (C=O) groups excluding carboxylic acids is 2. The molecule has 0 radical (unpaired) electrons. The monoisotopic (exact) mass is 473 g/mol. The summed E-state index contributed by atoms with van der Waals surface area (Å²) in [4.78, 5) is 29.4. The van der Waals surface area contributed by atoms with Crippen molar-refractivity contribution < 1.29 is 14.0 Å². The van der Waals surface area contributed by atoms with Crippen LogP contribution in [0.4, 0.5) is 15.8 Å². The highest BCUT2D eigenvalue weighted by Crippen LogP contribution is 2.32. The van der Waals surface area contributed by atoms with Crippen LogP contribution in [0, 0.1) is 11.7 Å². The average Bonchev–Trinajstić information content (AvgIpc) is 2.86. The van der Waals surface area contributed by atoms with Crippen LogP contribution in [-0.2, 0) is 16.0 Å². The van der Waals surface area contributed by atoms with Crippen molar-refractivity contribution in [3.63, 3.8) is 0 Å². The van der Waals surface area contributed by atoms with Crippen molar-refractivity contribution in [3.8, 4) is 0 Å². The van der Waals surface area contributed by atoms with Crippen molar-refractivity contribution in [2.45, 2.75) is 25.2 Å². The number of halogens is 1. The van der Waals surface area contributed by atoms with Crippen molar-refractivity contribution >= 4 is 23.2 Å². The van der Waals surface area contributed by atoms with E-state index in [9.17, 15) is 14.0 Å². The van der Waals surface area contributed by atoms with E-state index in [4.69, 9.17) is 0 Å². The minimum absolute atomic E-state index is 0.0420. The van der Waals surface area contributed by atoms with E-state index in [2.05, 4.69) is 27.6 Å². The van der Waals surface area contributed by atoms with Crippen molar-refractivity contribution in [2.75, 3.05) is 31.1 Å². The number of benzene rings is 2. The molecule has 35 heavy (non-hydrogen) atoms. The number of nitrogens with zero attached hydrogens (tertiary/aromatic N) is 4. The minimum atomic E-state index is -0.294. The molecule has 3 heterocycles. The van der Waals surface area contributed by atoms with Crippen LogP contribution in [0.25, 0.3) is 0 Å². The Morgan fingerprint density at radius 2 is 1.66 bits per heavy atom. The van der Waals surface area contributed by atoms with Crippen molar-refractivity contribution in [2.24, 2.45) is 5.92 Å². The Morgan fingerprint density at radius 3 is 2.26 bits per heavy atom. The summed E-state index contributed by atoms with van der Waals surface area (Å²) in [7, 11) is 0. The maximum absolute atomic E-state index is 13.1. The first-order chi connectivity index (χ1) is 17.1. The maximum atomic E-state index is 13.1. The zero-order valence-electron chi connectivity index (χ0n) is 19.4. The predicted molar refractivity (Wildman–Crippen MR) is 131 cm³/mol. The van der Waals surface area contributed by atoms with Gasteiger partial charge in [0, 0.05) is 31.9 Å². The number of nitrogens with one attached hydrogen (secondary N) is 1. The number of carbonyl (C=O) groups is 2. The van der Waals surface area contributed by atoms with Gasteiger partial charge in [-0.25, -0.2) is 4.39 Å². The van der Waals surface area contributed by atoms with E-state index >= 15 is 0 Å². The zero-order valence-corrected chi connectivity index (χ0v) is 19.4. The molecule has 0 aliphatic carbocycles. The fraction of sp³-hybridized carbons (Fsp3) is 0.333. The van der Waals surface area contributed by atoms with Crippen LogP contribution in [0.3, 0.4) is 0 Å². The molecule has 7 nitrogen and oxygen atoms in total. The summed E-state index contributed by atoms with van der Waals surface area (Å²) < 4.78 is 13.1. The molecule has 2 fully saturated rings. The Labute approximate surface area is 204 Å². The molecule has 8 heteroatoms. The Bertz CT molecular complexity index is 1160. The Balaban J connectivity index is 1.23. The second-order valence-electron chi connectivity index (χ2n) is 9.18. The molecular formula is C27H28FN5O2. The second-order valence-corrected chi connectivity index (χ2v) is 9.18. The number of piperidine rings is 1. The summed E-state index contributed by atoms with van der Waals surface area (Å²) in [6.07, 6.45) is 5.27. The van der Waals surface area contributed by atoms with E-state index < -0.39 is 0 Å². The van der Waals surface area contributed by atoms with Crippen LogP contribution in [0.1, 0.15) is 29.9 Å². The highest BCUT2D eigenvalue weighted by Gasteiger charge is 2.31. The van der Waals surface area contributed by atoms with Gasteiger partial charge >= 0.3 is 0 Å². The van der Waals surface area contributed by atoms with Crippen LogP contribution < -0.4 is 10.2 Å². The Kier molecular flexibility index (Phi) is 6.81. The van der Waals surface area contributed by atoms with Gasteiger partial charge < -0.3 is 10.2 Å². The smallest absolute Gasteiger partial charge is 0.237 e. The standard InChI is InChI=1S/C27H28FN5O2/c28-23-5-1-19(2-6-23)15-26(34)32-13-10-21(11-14-32)20-3-7-24(8-4-20)33(25-9-12-30-31-18-25)27(35)22-16-29-17-22/h1-9,12,18,21-22,29H,10-11,13-17H2. The lowest BCUT2D eigenvalue weighted by Crippen LogP contribution is -2.51. The van der Waals surface area contributed by atoms with Gasteiger partial charge in [0.15, 0.2) is 0 Å². The lowest BCUT2D eigenvalue weighted by Gasteiger charge is -2.33. The highest BCUT2D eigenvalue weighted by atomic mass is 19.1. The second kappa shape index (κ2) is 10.3. The SMILES string of the molecule is O=C(Cc1ccc(F)cc1)N1CCC(c2ccc(N(C(=O)C3CNC3)c3ccnnc3)cc2)CC1. The molecule has 2 aliphatic rings. The highest BCUT2D eigenvalue weighted by molar-refractivity contribution is 6.02. The van der Waals surface area contributed by atoms with Gasteiger partial charge in [0.05, 0.1) is 30.4 Å². The summed E-state index contributed by atoms with van der Waals surface area (Å²) in [5.41, 5.74) is 3.56. The van der Waals surface area contributed by atoms with Gasteiger partial charge in [0.2, 0.25) is 11.8 Å². The van der Waals surface area contributed by atoms with E-state index in [0.717, 1.165) is 24.1 Å². The maximum Gasteiger partial charge on any atom is 0.237 e. The van der Waals surface area contributed by atoms with Crippen molar-refractivity contribution in [3.05, 3.63) is 83.9 Å². The molecule has 0 unspecified atom stereocenters. The third-order valence-corrected chi connectivity index (χ3v) is 6.92. The molecule has 1 N–H and O–H groups in total. The van der Waals surface area contributed by atoms with Gasteiger partial charge in [0.25, 0.3) is 0 Å². The number of likely N-dealkylation sites (tertiary alicyclic amines) is 1. The molecule has 0 atom stereocenters. The van der Waals surface area contributed by atoms with Gasteiger partial charge in [-0.3, -0.25) is 14.5 Å². The average molecular weight is 474 g/mol. The van der Waals surface area contributed by atoms with Crippen LogP contribution in [0.5, 0.6) is 0 Å². The zero-order chi connectivity index (χ0) is 24.2. The molecule has 180 valence electrons. The molecule has 0 bridgehead atoms. The lowest BCUT2D eigenvalue weighted by atomic mass is 9.89. The van der Waals surface area contributed by atoms with Gasteiger partial charge in [-0.15, -0.1) is 0 Å². The number of hydrogen-bond donors (Lipinski definition) is 1. The Morgan fingerprint density at radius 1 is 0.943 bits per heavy atom. The third kappa shape index (κ3) is 5.22. The van der Waals surface area contributed by atoms with Crippen LogP contribution in [-0.4, -0.2) is 53.1 Å². The first-order valence-electron chi connectivity index (χ1n) is 12.0. The van der Waals surface area contributed by atoms with Crippen molar-refractivity contribution in [1.29, 1.82) is 0 Å². The normalized spacial score (nSPS) is 16.5. The topological polar surface area (TPSA) is 78.4 Å². The van der Waals surface area contributed by atoms with Gasteiger partial charge in [-0.05, 0) is 60.2 Å². The first-order valence-corrected chi connectivity index (χ1v) is 12.0. The predicted octanol–water partition coefficient (Wildman–Crippen LogP) is 3.45. The molecule has 2 aromatic carbocycles. The largest absolute Gasteiger partial charge is 0.342 e. The van der Waals surface area contributed by atoms with Crippen LogP contribution >= 0.6 is 0 Å². The molecule has 5 rings (SSSR count). The number of aromatic nitrogens is 2. The number of amides is 2. The Hall–Kier alpha value is -3.65. The summed E-state index contributed by atoms with van der Waals surface area (Å²) in [5, 5.41) is 10.9. The molecule has 2 saturated heterocycles. The van der Waals surface area contributed by atoms with Crippen LogP contribution in [0.2, 0.25) is 0 Å².